The summed E-state index contributed by atoms with van der Waals surface area (Å²) in [5.41, 5.74) is 0.926. The van der Waals surface area contributed by atoms with Gasteiger partial charge in [-0.25, -0.2) is 9.69 Å². The fraction of sp³-hybridized carbons (Fsp3) is 0.129. The maximum atomic E-state index is 13.6. The molecule has 4 amide bonds. The second kappa shape index (κ2) is 11.3. The number of nitrogens with zero attached hydrogens (tertiary/aromatic N) is 1. The summed E-state index contributed by atoms with van der Waals surface area (Å²) in [6.07, 6.45) is 2.06. The third-order valence-electron chi connectivity index (χ3n) is 6.40. The van der Waals surface area contributed by atoms with Crippen molar-refractivity contribution >= 4 is 50.5 Å². The lowest BCUT2D eigenvalue weighted by molar-refractivity contribution is -0.122. The van der Waals surface area contributed by atoms with Crippen molar-refractivity contribution in [3.8, 4) is 11.5 Å². The summed E-state index contributed by atoms with van der Waals surface area (Å²) in [5.74, 6) is -1.31. The number of imide groups is 2. The normalized spacial score (nSPS) is 14.8. The van der Waals surface area contributed by atoms with Crippen LogP contribution in [0.2, 0.25) is 0 Å². The largest absolute Gasteiger partial charge is 0.494 e. The molecule has 1 aliphatic rings. The Labute approximate surface area is 237 Å². The molecule has 0 unspecified atom stereocenters. The highest BCUT2D eigenvalue weighted by Gasteiger charge is 2.37. The standard InChI is InChI=1S/C31H26N2O7S/c1-3-18-39-23-13-11-22(12-14-23)33-30(35)27(29(34)32-31(33)36)19-26-25-7-5-4-6-21(25)10-17-28(26)40-41(37,38)24-15-8-20(2)9-16-24/h4-17,19H,3,18H2,1-2H3,(H,32,34,36)/b27-19-. The van der Waals surface area contributed by atoms with E-state index in [-0.39, 0.29) is 27.5 Å². The van der Waals surface area contributed by atoms with Crippen LogP contribution >= 0.6 is 0 Å². The molecule has 9 nitrogen and oxygen atoms in total. The van der Waals surface area contributed by atoms with Crippen molar-refractivity contribution in [2.24, 2.45) is 0 Å². The van der Waals surface area contributed by atoms with Gasteiger partial charge in [0.1, 0.15) is 16.2 Å². The number of nitrogens with one attached hydrogen (secondary N) is 1. The Bertz CT molecular complexity index is 1800. The second-order valence-corrected chi connectivity index (χ2v) is 10.9. The summed E-state index contributed by atoms with van der Waals surface area (Å²) >= 11 is 0. The molecule has 0 aromatic heterocycles. The Hall–Kier alpha value is -4.96. The molecule has 1 heterocycles. The van der Waals surface area contributed by atoms with Crippen LogP contribution in [0.15, 0.2) is 95.4 Å². The first-order valence-corrected chi connectivity index (χ1v) is 14.3. The molecular formula is C31H26N2O7S. The molecule has 1 N–H and O–H groups in total. The van der Waals surface area contributed by atoms with Gasteiger partial charge in [-0.05, 0) is 72.7 Å². The minimum absolute atomic E-state index is 0.0514. The molecule has 1 aliphatic heterocycles. The van der Waals surface area contributed by atoms with Crippen molar-refractivity contribution in [2.75, 3.05) is 11.5 Å². The number of barbiturate groups is 1. The molecule has 5 rings (SSSR count). The topological polar surface area (TPSA) is 119 Å². The van der Waals surface area contributed by atoms with Crippen LogP contribution in [0.5, 0.6) is 11.5 Å². The molecule has 208 valence electrons. The van der Waals surface area contributed by atoms with E-state index in [1.54, 1.807) is 54.6 Å². The molecule has 10 heteroatoms. The van der Waals surface area contributed by atoms with E-state index < -0.39 is 28.0 Å². The Morgan fingerprint density at radius 1 is 0.878 bits per heavy atom. The molecular weight excluding hydrogens is 544 g/mol. The van der Waals surface area contributed by atoms with Crippen LogP contribution in [-0.4, -0.2) is 32.9 Å². The summed E-state index contributed by atoms with van der Waals surface area (Å²) < 4.78 is 37.4. The van der Waals surface area contributed by atoms with E-state index in [1.165, 1.54) is 36.4 Å². The van der Waals surface area contributed by atoms with E-state index in [2.05, 4.69) is 5.32 Å². The van der Waals surface area contributed by atoms with Gasteiger partial charge in [-0.3, -0.25) is 14.9 Å². The molecule has 0 spiro atoms. The minimum Gasteiger partial charge on any atom is -0.494 e. The van der Waals surface area contributed by atoms with E-state index >= 15 is 0 Å². The number of benzene rings is 4. The van der Waals surface area contributed by atoms with E-state index in [1.807, 2.05) is 13.8 Å². The quantitative estimate of drug-likeness (QED) is 0.172. The molecule has 4 aromatic rings. The maximum absolute atomic E-state index is 13.6. The number of aryl methyl sites for hydroxylation is 1. The number of urea groups is 1. The highest BCUT2D eigenvalue weighted by Crippen LogP contribution is 2.34. The van der Waals surface area contributed by atoms with Gasteiger partial charge in [0.15, 0.2) is 5.75 Å². The smallest absolute Gasteiger partial charge is 0.339 e. The maximum Gasteiger partial charge on any atom is 0.339 e. The van der Waals surface area contributed by atoms with Gasteiger partial charge in [0.05, 0.1) is 12.3 Å². The lowest BCUT2D eigenvalue weighted by Gasteiger charge is -2.26. The molecule has 0 saturated carbocycles. The number of carbonyl (C=O) groups is 3. The average Bonchev–Trinajstić information content (AvgIpc) is 2.95. The molecule has 1 saturated heterocycles. The van der Waals surface area contributed by atoms with Gasteiger partial charge in [0, 0.05) is 5.56 Å². The molecule has 0 radical (unpaired) electrons. The van der Waals surface area contributed by atoms with Crippen LogP contribution in [0.4, 0.5) is 10.5 Å². The SMILES string of the molecule is CCCOc1ccc(N2C(=O)NC(=O)/C(=C/c3c(OS(=O)(=O)c4ccc(C)cc4)ccc4ccccc34)C2=O)cc1. The zero-order chi connectivity index (χ0) is 29.1. The molecule has 41 heavy (non-hydrogen) atoms. The lowest BCUT2D eigenvalue weighted by atomic mass is 10.00. The molecule has 0 aliphatic carbocycles. The van der Waals surface area contributed by atoms with Gasteiger partial charge in [0.2, 0.25) is 0 Å². The number of carbonyl (C=O) groups excluding carboxylic acids is 3. The van der Waals surface area contributed by atoms with Gasteiger partial charge in [-0.15, -0.1) is 0 Å². The number of rotatable bonds is 8. The summed E-state index contributed by atoms with van der Waals surface area (Å²) in [6.45, 7) is 4.32. The van der Waals surface area contributed by atoms with Gasteiger partial charge in [-0.2, -0.15) is 8.42 Å². The monoisotopic (exact) mass is 570 g/mol. The van der Waals surface area contributed by atoms with Crippen molar-refractivity contribution in [2.45, 2.75) is 25.2 Å². The van der Waals surface area contributed by atoms with Crippen LogP contribution in [0.3, 0.4) is 0 Å². The van der Waals surface area contributed by atoms with E-state index in [0.29, 0.717) is 17.7 Å². The van der Waals surface area contributed by atoms with Crippen LogP contribution in [0.25, 0.3) is 16.8 Å². The van der Waals surface area contributed by atoms with Crippen LogP contribution in [0.1, 0.15) is 24.5 Å². The van der Waals surface area contributed by atoms with Crippen molar-refractivity contribution in [3.63, 3.8) is 0 Å². The molecule has 1 fully saturated rings. The highest BCUT2D eigenvalue weighted by molar-refractivity contribution is 7.87. The van der Waals surface area contributed by atoms with Crippen molar-refractivity contribution in [1.29, 1.82) is 0 Å². The predicted molar refractivity (Wildman–Crippen MR) is 154 cm³/mol. The fourth-order valence-electron chi connectivity index (χ4n) is 4.32. The second-order valence-electron chi connectivity index (χ2n) is 9.35. The summed E-state index contributed by atoms with van der Waals surface area (Å²) in [6, 6.07) is 21.8. The van der Waals surface area contributed by atoms with Crippen molar-refractivity contribution in [3.05, 3.63) is 102 Å². The van der Waals surface area contributed by atoms with Gasteiger partial charge < -0.3 is 8.92 Å². The number of anilines is 1. The third kappa shape index (κ3) is 5.68. The first kappa shape index (κ1) is 27.6. The summed E-state index contributed by atoms with van der Waals surface area (Å²) in [5, 5.41) is 3.45. The minimum atomic E-state index is -4.25. The van der Waals surface area contributed by atoms with Crippen LogP contribution < -0.4 is 19.1 Å². The Morgan fingerprint density at radius 3 is 2.29 bits per heavy atom. The van der Waals surface area contributed by atoms with Crippen LogP contribution in [0, 0.1) is 6.92 Å². The molecule has 4 aromatic carbocycles. The summed E-state index contributed by atoms with van der Waals surface area (Å²) in [4.78, 5) is 40.0. The molecule has 0 atom stereocenters. The Balaban J connectivity index is 1.57. The number of hydrogen-bond acceptors (Lipinski definition) is 7. The number of ether oxygens (including phenoxy) is 1. The van der Waals surface area contributed by atoms with E-state index in [0.717, 1.165) is 22.3 Å². The van der Waals surface area contributed by atoms with E-state index in [4.69, 9.17) is 8.92 Å². The van der Waals surface area contributed by atoms with E-state index in [9.17, 15) is 22.8 Å². The highest BCUT2D eigenvalue weighted by atomic mass is 32.2. The first-order chi connectivity index (χ1) is 19.7. The first-order valence-electron chi connectivity index (χ1n) is 12.8. The van der Waals surface area contributed by atoms with Gasteiger partial charge in [0.25, 0.3) is 11.8 Å². The van der Waals surface area contributed by atoms with Crippen LogP contribution in [-0.2, 0) is 19.7 Å². The number of hydrogen-bond donors (Lipinski definition) is 1. The zero-order valence-electron chi connectivity index (χ0n) is 22.3. The number of amides is 4. The van der Waals surface area contributed by atoms with Crippen molar-refractivity contribution in [1.82, 2.24) is 5.32 Å². The lowest BCUT2D eigenvalue weighted by Crippen LogP contribution is -2.54. The molecule has 0 bridgehead atoms. The van der Waals surface area contributed by atoms with Gasteiger partial charge in [-0.1, -0.05) is 55.0 Å². The average molecular weight is 571 g/mol. The Morgan fingerprint density at radius 2 is 1.59 bits per heavy atom. The number of fused-ring (bicyclic) bond motifs is 1. The third-order valence-corrected chi connectivity index (χ3v) is 7.65. The summed E-state index contributed by atoms with van der Waals surface area (Å²) in [7, 11) is -4.25. The Kier molecular flexibility index (Phi) is 7.58. The van der Waals surface area contributed by atoms with Gasteiger partial charge >= 0.3 is 16.1 Å². The zero-order valence-corrected chi connectivity index (χ0v) is 23.1. The fourth-order valence-corrected chi connectivity index (χ4v) is 5.26. The predicted octanol–water partition coefficient (Wildman–Crippen LogP) is 5.37. The van der Waals surface area contributed by atoms with Crippen molar-refractivity contribution < 1.29 is 31.7 Å².